The normalized spacial score (nSPS) is 10.5. The highest BCUT2D eigenvalue weighted by Gasteiger charge is 2.15. The smallest absolute Gasteiger partial charge is 0.322 e. The molecule has 2 heterocycles. The molecule has 0 aliphatic carbocycles. The highest BCUT2D eigenvalue weighted by atomic mass is 79.9. The molecule has 23 heavy (non-hydrogen) atoms. The maximum absolute atomic E-state index is 12.0. The largest absolute Gasteiger partial charge is 0.402 e. The van der Waals surface area contributed by atoms with Gasteiger partial charge < -0.3 is 4.42 Å². The van der Waals surface area contributed by atoms with Crippen molar-refractivity contribution in [3.63, 3.8) is 0 Å². The van der Waals surface area contributed by atoms with Gasteiger partial charge in [0.25, 0.3) is 17.5 Å². The molecule has 2 aromatic heterocycles. The van der Waals surface area contributed by atoms with E-state index in [0.717, 1.165) is 8.66 Å². The first-order valence-electron chi connectivity index (χ1n) is 6.18. The molecule has 0 aliphatic rings. The summed E-state index contributed by atoms with van der Waals surface area (Å²) in [7, 11) is 0. The fraction of sp³-hybridized carbons (Fsp3) is 0. The van der Waals surface area contributed by atoms with Gasteiger partial charge in [-0.25, -0.2) is 0 Å². The summed E-state index contributed by atoms with van der Waals surface area (Å²) >= 11 is 4.75. The second-order valence-electron chi connectivity index (χ2n) is 4.27. The van der Waals surface area contributed by atoms with Crippen LogP contribution in [0.4, 0.5) is 11.7 Å². The molecule has 0 saturated heterocycles. The van der Waals surface area contributed by atoms with Gasteiger partial charge in [-0.15, -0.1) is 16.4 Å². The molecule has 116 valence electrons. The first kappa shape index (κ1) is 15.3. The molecular weight excluding hydrogens is 388 g/mol. The quantitative estimate of drug-likeness (QED) is 0.532. The standard InChI is InChI=1S/C13H7BrN4O4S/c14-10-6-5-9(23-10)12-16-17-13(22-12)15-11(19)7-1-3-8(4-2-7)18(20)21/h1-6H,(H,15,17,19). The number of anilines is 1. The minimum Gasteiger partial charge on any atom is -0.402 e. The summed E-state index contributed by atoms with van der Waals surface area (Å²) in [6.07, 6.45) is 0. The van der Waals surface area contributed by atoms with Gasteiger partial charge in [0.1, 0.15) is 0 Å². The van der Waals surface area contributed by atoms with Gasteiger partial charge in [0.05, 0.1) is 13.6 Å². The fourth-order valence-corrected chi connectivity index (χ4v) is 3.01. The topological polar surface area (TPSA) is 111 Å². The Labute approximate surface area is 141 Å². The van der Waals surface area contributed by atoms with Crippen molar-refractivity contribution < 1.29 is 14.1 Å². The van der Waals surface area contributed by atoms with Crippen LogP contribution in [0.1, 0.15) is 10.4 Å². The lowest BCUT2D eigenvalue weighted by Gasteiger charge is -1.99. The van der Waals surface area contributed by atoms with Crippen molar-refractivity contribution in [1.82, 2.24) is 10.2 Å². The van der Waals surface area contributed by atoms with Crippen molar-refractivity contribution in [2.24, 2.45) is 0 Å². The number of halogens is 1. The predicted octanol–water partition coefficient (Wildman–Crippen LogP) is 3.72. The molecular formula is C13H7BrN4O4S. The molecule has 0 fully saturated rings. The number of nitro groups is 1. The second kappa shape index (κ2) is 6.26. The Kier molecular flexibility index (Phi) is 4.17. The van der Waals surface area contributed by atoms with Crippen LogP contribution in [0.2, 0.25) is 0 Å². The van der Waals surface area contributed by atoms with Crippen molar-refractivity contribution in [3.8, 4) is 10.8 Å². The van der Waals surface area contributed by atoms with E-state index in [2.05, 4.69) is 31.4 Å². The summed E-state index contributed by atoms with van der Waals surface area (Å²) in [4.78, 5) is 22.8. The number of benzene rings is 1. The molecule has 0 bridgehead atoms. The Hall–Kier alpha value is -2.59. The number of amides is 1. The third-order valence-corrected chi connectivity index (χ3v) is 4.38. The molecule has 0 aliphatic heterocycles. The molecule has 0 unspecified atom stereocenters. The summed E-state index contributed by atoms with van der Waals surface area (Å²) in [5, 5.41) is 20.6. The van der Waals surface area contributed by atoms with E-state index >= 15 is 0 Å². The monoisotopic (exact) mass is 394 g/mol. The van der Waals surface area contributed by atoms with Gasteiger partial charge in [0.2, 0.25) is 0 Å². The number of rotatable bonds is 4. The average Bonchev–Trinajstić information content (AvgIpc) is 3.16. The van der Waals surface area contributed by atoms with Crippen molar-refractivity contribution in [3.05, 3.63) is 55.9 Å². The van der Waals surface area contributed by atoms with Gasteiger partial charge in [-0.2, -0.15) is 0 Å². The number of nitro benzene ring substituents is 1. The third kappa shape index (κ3) is 3.43. The van der Waals surface area contributed by atoms with Gasteiger partial charge >= 0.3 is 6.01 Å². The SMILES string of the molecule is O=C(Nc1nnc(-c2ccc(Br)s2)o1)c1ccc([N+](=O)[O-])cc1. The maximum Gasteiger partial charge on any atom is 0.322 e. The van der Waals surface area contributed by atoms with E-state index in [1.807, 2.05) is 12.1 Å². The van der Waals surface area contributed by atoms with Gasteiger partial charge in [0.15, 0.2) is 0 Å². The van der Waals surface area contributed by atoms with E-state index in [-0.39, 0.29) is 17.3 Å². The summed E-state index contributed by atoms with van der Waals surface area (Å²) in [6.45, 7) is 0. The first-order chi connectivity index (χ1) is 11.0. The summed E-state index contributed by atoms with van der Waals surface area (Å²) in [6, 6.07) is 8.80. The van der Waals surface area contributed by atoms with Crippen LogP contribution in [0, 0.1) is 10.1 Å². The first-order valence-corrected chi connectivity index (χ1v) is 7.79. The molecule has 1 N–H and O–H groups in total. The number of aromatic nitrogens is 2. The van der Waals surface area contributed by atoms with E-state index in [4.69, 9.17) is 4.42 Å². The lowest BCUT2D eigenvalue weighted by molar-refractivity contribution is -0.384. The van der Waals surface area contributed by atoms with E-state index in [1.165, 1.54) is 35.6 Å². The van der Waals surface area contributed by atoms with Crippen molar-refractivity contribution in [2.75, 3.05) is 5.32 Å². The molecule has 0 spiro atoms. The summed E-state index contributed by atoms with van der Waals surface area (Å²) in [5.41, 5.74) is 0.152. The van der Waals surface area contributed by atoms with Crippen LogP contribution in [0.25, 0.3) is 10.8 Å². The Balaban J connectivity index is 1.73. The van der Waals surface area contributed by atoms with E-state index in [0.29, 0.717) is 5.89 Å². The predicted molar refractivity (Wildman–Crippen MR) is 86.4 cm³/mol. The van der Waals surface area contributed by atoms with Crippen LogP contribution in [0.3, 0.4) is 0 Å². The Bertz CT molecular complexity index is 874. The average molecular weight is 395 g/mol. The second-order valence-corrected chi connectivity index (χ2v) is 6.74. The summed E-state index contributed by atoms with van der Waals surface area (Å²) in [5.74, 6) is -0.206. The number of hydrogen-bond acceptors (Lipinski definition) is 7. The van der Waals surface area contributed by atoms with Crippen LogP contribution in [0.5, 0.6) is 0 Å². The Morgan fingerprint density at radius 2 is 1.96 bits per heavy atom. The Morgan fingerprint density at radius 1 is 1.22 bits per heavy atom. The third-order valence-electron chi connectivity index (χ3n) is 2.77. The number of nitrogens with one attached hydrogen (secondary N) is 1. The minimum absolute atomic E-state index is 0.0483. The van der Waals surface area contributed by atoms with E-state index in [9.17, 15) is 14.9 Å². The molecule has 8 nitrogen and oxygen atoms in total. The van der Waals surface area contributed by atoms with Crippen LogP contribution < -0.4 is 5.32 Å². The number of nitrogens with zero attached hydrogens (tertiary/aromatic N) is 3. The van der Waals surface area contributed by atoms with Gasteiger partial charge in [-0.05, 0) is 40.2 Å². The highest BCUT2D eigenvalue weighted by Crippen LogP contribution is 2.31. The number of carbonyl (C=O) groups is 1. The molecule has 0 radical (unpaired) electrons. The number of carbonyl (C=O) groups excluding carboxylic acids is 1. The van der Waals surface area contributed by atoms with Crippen molar-refractivity contribution in [1.29, 1.82) is 0 Å². The zero-order chi connectivity index (χ0) is 16.4. The van der Waals surface area contributed by atoms with Crippen molar-refractivity contribution in [2.45, 2.75) is 0 Å². The highest BCUT2D eigenvalue weighted by molar-refractivity contribution is 9.11. The lowest BCUT2D eigenvalue weighted by atomic mass is 10.2. The number of hydrogen-bond donors (Lipinski definition) is 1. The minimum atomic E-state index is -0.537. The van der Waals surface area contributed by atoms with E-state index < -0.39 is 10.8 Å². The molecule has 1 amide bonds. The van der Waals surface area contributed by atoms with Gasteiger partial charge in [-0.3, -0.25) is 20.2 Å². The molecule has 0 saturated carbocycles. The van der Waals surface area contributed by atoms with Crippen molar-refractivity contribution >= 4 is 44.9 Å². The molecule has 3 rings (SSSR count). The van der Waals surface area contributed by atoms with Crippen LogP contribution >= 0.6 is 27.3 Å². The Morgan fingerprint density at radius 3 is 2.57 bits per heavy atom. The maximum atomic E-state index is 12.0. The number of thiophene rings is 1. The number of non-ortho nitro benzene ring substituents is 1. The zero-order valence-corrected chi connectivity index (χ0v) is 13.6. The zero-order valence-electron chi connectivity index (χ0n) is 11.2. The molecule has 3 aromatic rings. The van der Waals surface area contributed by atoms with E-state index in [1.54, 1.807) is 0 Å². The lowest BCUT2D eigenvalue weighted by Crippen LogP contribution is -2.12. The molecule has 1 aromatic carbocycles. The van der Waals surface area contributed by atoms with Crippen LogP contribution in [-0.4, -0.2) is 21.0 Å². The molecule has 0 atom stereocenters. The molecule has 10 heteroatoms. The van der Waals surface area contributed by atoms with Crippen LogP contribution in [0.15, 0.2) is 44.6 Å². The summed E-state index contributed by atoms with van der Waals surface area (Å²) < 4.78 is 6.28. The van der Waals surface area contributed by atoms with Crippen LogP contribution in [-0.2, 0) is 0 Å². The van der Waals surface area contributed by atoms with Gasteiger partial charge in [0, 0.05) is 17.7 Å². The van der Waals surface area contributed by atoms with Gasteiger partial charge in [-0.1, -0.05) is 5.10 Å². The fourth-order valence-electron chi connectivity index (χ4n) is 1.71.